The van der Waals surface area contributed by atoms with Crippen molar-refractivity contribution in [1.82, 2.24) is 5.06 Å². The van der Waals surface area contributed by atoms with Gasteiger partial charge < -0.3 is 19.0 Å². The quantitative estimate of drug-likeness (QED) is 0.563. The fraction of sp³-hybridized carbons (Fsp3) is 0.913. The molecule has 30 heavy (non-hydrogen) atoms. The van der Waals surface area contributed by atoms with E-state index in [1.54, 1.807) is 6.92 Å². The number of hydroxylamine groups is 2. The molecule has 2 fully saturated rings. The molecule has 0 N–H and O–H groups in total. The molecule has 0 aromatic carbocycles. The summed E-state index contributed by atoms with van der Waals surface area (Å²) in [5, 5.41) is 1.90. The van der Waals surface area contributed by atoms with E-state index in [-0.39, 0.29) is 23.3 Å². The zero-order valence-electron chi connectivity index (χ0n) is 20.1. The molecule has 0 aliphatic carbocycles. The average molecular weight is 428 g/mol. The van der Waals surface area contributed by atoms with Crippen molar-refractivity contribution >= 4 is 11.9 Å². The van der Waals surface area contributed by atoms with Crippen LogP contribution in [-0.4, -0.2) is 53.7 Å². The van der Waals surface area contributed by atoms with Gasteiger partial charge in [-0.25, -0.2) is 0 Å². The first-order valence-corrected chi connectivity index (χ1v) is 11.4. The normalized spacial score (nSPS) is 39.7. The van der Waals surface area contributed by atoms with E-state index in [1.807, 2.05) is 5.06 Å². The predicted octanol–water partition coefficient (Wildman–Crippen LogP) is 4.24. The van der Waals surface area contributed by atoms with Gasteiger partial charge in [0.15, 0.2) is 5.79 Å². The Bertz CT molecular complexity index is 629. The first kappa shape index (κ1) is 25.1. The van der Waals surface area contributed by atoms with Gasteiger partial charge in [0.25, 0.3) is 0 Å². The molecule has 2 aliphatic heterocycles. The van der Waals surface area contributed by atoms with Gasteiger partial charge in [0.1, 0.15) is 6.61 Å². The van der Waals surface area contributed by atoms with Crippen molar-refractivity contribution in [3.05, 3.63) is 0 Å². The fourth-order valence-corrected chi connectivity index (χ4v) is 4.79. The highest BCUT2D eigenvalue weighted by Crippen LogP contribution is 2.54. The molecule has 7 heteroatoms. The lowest BCUT2D eigenvalue weighted by Crippen LogP contribution is -2.74. The lowest BCUT2D eigenvalue weighted by molar-refractivity contribution is -0.403. The molecular formula is C23H41NO6. The van der Waals surface area contributed by atoms with Crippen LogP contribution < -0.4 is 0 Å². The van der Waals surface area contributed by atoms with Gasteiger partial charge in [-0.05, 0) is 33.1 Å². The molecular weight excluding hydrogens is 386 g/mol. The number of ether oxygens (including phenoxy) is 3. The lowest BCUT2D eigenvalue weighted by atomic mass is 9.66. The monoisotopic (exact) mass is 427 g/mol. The summed E-state index contributed by atoms with van der Waals surface area (Å²) in [6.07, 6.45) is 3.31. The third-order valence-corrected chi connectivity index (χ3v) is 7.69. The van der Waals surface area contributed by atoms with Gasteiger partial charge in [0.2, 0.25) is 0 Å². The van der Waals surface area contributed by atoms with Crippen molar-refractivity contribution in [2.75, 3.05) is 19.8 Å². The smallest absolute Gasteiger partial charge is 0.322 e. The Morgan fingerprint density at radius 1 is 1.03 bits per heavy atom. The van der Waals surface area contributed by atoms with Crippen molar-refractivity contribution in [3.63, 3.8) is 0 Å². The summed E-state index contributed by atoms with van der Waals surface area (Å²) >= 11 is 0. The van der Waals surface area contributed by atoms with E-state index >= 15 is 0 Å². The minimum absolute atomic E-state index is 0.0398. The van der Waals surface area contributed by atoms with E-state index in [0.717, 1.165) is 19.3 Å². The van der Waals surface area contributed by atoms with Crippen LogP contribution in [0.1, 0.15) is 87.5 Å². The molecule has 2 aliphatic rings. The van der Waals surface area contributed by atoms with E-state index in [1.165, 1.54) is 6.92 Å². The number of carbonyl (C=O) groups is 2. The van der Waals surface area contributed by atoms with Crippen LogP contribution in [0.25, 0.3) is 0 Å². The highest BCUT2D eigenvalue weighted by Gasteiger charge is 2.64. The third-order valence-electron chi connectivity index (χ3n) is 7.69. The van der Waals surface area contributed by atoms with Crippen LogP contribution in [0.3, 0.4) is 0 Å². The molecule has 0 bridgehead atoms. The number of rotatable bonds is 7. The van der Waals surface area contributed by atoms with Gasteiger partial charge in [-0.1, -0.05) is 34.6 Å². The molecule has 0 radical (unpaired) electrons. The molecule has 3 atom stereocenters. The summed E-state index contributed by atoms with van der Waals surface area (Å²) in [6.45, 7) is 17.1. The van der Waals surface area contributed by atoms with E-state index in [9.17, 15) is 9.59 Å². The van der Waals surface area contributed by atoms with E-state index in [0.29, 0.717) is 32.7 Å². The zero-order chi connectivity index (χ0) is 22.8. The summed E-state index contributed by atoms with van der Waals surface area (Å²) in [5.74, 6) is -1.34. The Morgan fingerprint density at radius 3 is 2.07 bits per heavy atom. The van der Waals surface area contributed by atoms with Crippen molar-refractivity contribution in [2.45, 2.75) is 104 Å². The maximum Gasteiger partial charge on any atom is 0.322 e. The number of piperidine rings is 1. The first-order valence-electron chi connectivity index (χ1n) is 11.4. The van der Waals surface area contributed by atoms with Crippen molar-refractivity contribution in [1.29, 1.82) is 0 Å². The Morgan fingerprint density at radius 2 is 1.63 bits per heavy atom. The topological polar surface area (TPSA) is 74.3 Å². The summed E-state index contributed by atoms with van der Waals surface area (Å²) in [5.41, 5.74) is -1.21. The summed E-state index contributed by atoms with van der Waals surface area (Å²) in [6, 6.07) is 0. The van der Waals surface area contributed by atoms with E-state index in [2.05, 4.69) is 41.5 Å². The van der Waals surface area contributed by atoms with Crippen molar-refractivity contribution in [3.8, 4) is 0 Å². The third kappa shape index (κ3) is 4.39. The molecule has 0 amide bonds. The largest absolute Gasteiger partial charge is 0.465 e. The minimum Gasteiger partial charge on any atom is -0.465 e. The van der Waals surface area contributed by atoms with Crippen LogP contribution in [0, 0.1) is 11.3 Å². The fourth-order valence-electron chi connectivity index (χ4n) is 4.79. The molecule has 0 aromatic rings. The van der Waals surface area contributed by atoms with Crippen LogP contribution in [-0.2, 0) is 28.6 Å². The molecule has 7 nitrogen and oxygen atoms in total. The number of esters is 1. The second kappa shape index (κ2) is 9.13. The minimum atomic E-state index is -0.778. The molecule has 2 heterocycles. The number of nitrogens with zero attached hydrogens (tertiary/aromatic N) is 1. The van der Waals surface area contributed by atoms with Gasteiger partial charge in [-0.3, -0.25) is 9.59 Å². The van der Waals surface area contributed by atoms with Crippen LogP contribution in [0.15, 0.2) is 0 Å². The summed E-state index contributed by atoms with van der Waals surface area (Å²) in [7, 11) is 0. The Hall–Kier alpha value is -1.18. The maximum atomic E-state index is 11.9. The van der Waals surface area contributed by atoms with E-state index in [4.69, 9.17) is 19.0 Å². The molecule has 174 valence electrons. The lowest BCUT2D eigenvalue weighted by Gasteiger charge is -2.63. The zero-order valence-corrected chi connectivity index (χ0v) is 20.1. The molecule has 0 saturated carbocycles. The second-order valence-corrected chi connectivity index (χ2v) is 9.59. The van der Waals surface area contributed by atoms with Crippen molar-refractivity contribution < 1.29 is 28.6 Å². The van der Waals surface area contributed by atoms with Crippen LogP contribution in [0.4, 0.5) is 0 Å². The van der Waals surface area contributed by atoms with E-state index < -0.39 is 16.9 Å². The number of carbonyl (C=O) groups excluding carboxylic acids is 2. The Balaban J connectivity index is 2.31. The van der Waals surface area contributed by atoms with Crippen LogP contribution in [0.5, 0.6) is 0 Å². The Labute approximate surface area is 181 Å². The second-order valence-electron chi connectivity index (χ2n) is 9.59. The highest BCUT2D eigenvalue weighted by atomic mass is 16.7. The number of hydrogen-bond acceptors (Lipinski definition) is 7. The molecule has 1 spiro atoms. The first-order chi connectivity index (χ1) is 14.0. The highest BCUT2D eigenvalue weighted by molar-refractivity contribution is 5.68. The van der Waals surface area contributed by atoms with Gasteiger partial charge in [-0.2, -0.15) is 0 Å². The summed E-state index contributed by atoms with van der Waals surface area (Å²) < 4.78 is 18.6. The SMILES string of the molecule is CCC(=O)OCC1(CC)COC2(CC(C)(CC)N(OC(C)=O)C(C)(CC)C2C)OC1. The number of hydrogen-bond donors (Lipinski definition) is 0. The molecule has 2 rings (SSSR count). The average Bonchev–Trinajstić information content (AvgIpc) is 2.74. The summed E-state index contributed by atoms with van der Waals surface area (Å²) in [4.78, 5) is 29.4. The maximum absolute atomic E-state index is 11.9. The predicted molar refractivity (Wildman–Crippen MR) is 113 cm³/mol. The molecule has 2 saturated heterocycles. The van der Waals surface area contributed by atoms with Crippen LogP contribution in [0.2, 0.25) is 0 Å². The standard InChI is InChI=1S/C23H41NO6/c1-9-19(26)27-14-22(12-4)15-28-23(29-16-22)13-20(7,10-2)24(30-18(6)25)21(8,11-3)17(23)5/h17H,9-16H2,1-8H3. The van der Waals surface area contributed by atoms with Gasteiger partial charge >= 0.3 is 11.9 Å². The van der Waals surface area contributed by atoms with Crippen LogP contribution >= 0.6 is 0 Å². The van der Waals surface area contributed by atoms with Crippen molar-refractivity contribution in [2.24, 2.45) is 11.3 Å². The molecule has 3 unspecified atom stereocenters. The Kier molecular flexibility index (Phi) is 7.63. The molecule has 0 aromatic heterocycles. The van der Waals surface area contributed by atoms with Gasteiger partial charge in [0, 0.05) is 25.7 Å². The van der Waals surface area contributed by atoms with Gasteiger partial charge in [-0.15, -0.1) is 5.06 Å². The van der Waals surface area contributed by atoms with Gasteiger partial charge in [0.05, 0.1) is 29.7 Å².